The van der Waals surface area contributed by atoms with E-state index in [0.29, 0.717) is 4.90 Å². The van der Waals surface area contributed by atoms with Crippen LogP contribution in [0.2, 0.25) is 0 Å². The normalized spacial score (nSPS) is 27.7. The van der Waals surface area contributed by atoms with Crippen LogP contribution in [0.4, 0.5) is 0 Å². The van der Waals surface area contributed by atoms with Crippen LogP contribution in [0.1, 0.15) is 31.7 Å². The smallest absolute Gasteiger partial charge is 0.243 e. The number of hydrogen-bond donors (Lipinski definition) is 0. The standard InChI is InChI=1S/C16H24N2O2S/c1-3-13-6-4-5-7-16(13)21(19,20)18-14-8-9-15(18)12-17(2)11-10-14/h4-7,14-15H,3,8-12H2,1-2H3/t14?,15-/m1/s1. The number of rotatable bonds is 3. The molecule has 3 rings (SSSR count). The number of benzene rings is 1. The second kappa shape index (κ2) is 5.71. The third-order valence-electron chi connectivity index (χ3n) is 4.83. The first-order valence-corrected chi connectivity index (χ1v) is 9.28. The van der Waals surface area contributed by atoms with E-state index in [1.165, 1.54) is 0 Å². The summed E-state index contributed by atoms with van der Waals surface area (Å²) in [5.74, 6) is 0. The Morgan fingerprint density at radius 2 is 1.86 bits per heavy atom. The third kappa shape index (κ3) is 2.62. The zero-order valence-electron chi connectivity index (χ0n) is 12.8. The molecule has 0 N–H and O–H groups in total. The lowest BCUT2D eigenvalue weighted by molar-refractivity contribution is 0.289. The average Bonchev–Trinajstić information content (AvgIpc) is 2.79. The zero-order valence-corrected chi connectivity index (χ0v) is 13.6. The molecule has 0 aliphatic carbocycles. The van der Waals surface area contributed by atoms with Crippen molar-refractivity contribution in [1.29, 1.82) is 0 Å². The van der Waals surface area contributed by atoms with Crippen molar-refractivity contribution in [1.82, 2.24) is 9.21 Å². The molecule has 21 heavy (non-hydrogen) atoms. The number of fused-ring (bicyclic) bond motifs is 2. The molecule has 1 aromatic carbocycles. The summed E-state index contributed by atoms with van der Waals surface area (Å²) in [4.78, 5) is 2.77. The van der Waals surface area contributed by atoms with Gasteiger partial charge in [0, 0.05) is 18.6 Å². The molecule has 0 aromatic heterocycles. The fourth-order valence-corrected chi connectivity index (χ4v) is 5.94. The Balaban J connectivity index is 2.02. The van der Waals surface area contributed by atoms with Crippen molar-refractivity contribution in [2.45, 2.75) is 49.6 Å². The molecule has 0 saturated carbocycles. The van der Waals surface area contributed by atoms with Gasteiger partial charge < -0.3 is 4.90 Å². The van der Waals surface area contributed by atoms with E-state index in [9.17, 15) is 8.42 Å². The number of aryl methyl sites for hydroxylation is 1. The molecule has 1 unspecified atom stereocenters. The minimum atomic E-state index is -3.38. The van der Waals surface area contributed by atoms with Crippen LogP contribution in [0.5, 0.6) is 0 Å². The summed E-state index contributed by atoms with van der Waals surface area (Å²) in [6, 6.07) is 7.76. The molecule has 5 heteroatoms. The SMILES string of the molecule is CCc1ccccc1S(=O)(=O)N1C2CC[C@@H]1CN(C)CC2. The maximum atomic E-state index is 13.2. The molecule has 0 amide bonds. The van der Waals surface area contributed by atoms with E-state index in [2.05, 4.69) is 11.9 Å². The third-order valence-corrected chi connectivity index (χ3v) is 6.93. The summed E-state index contributed by atoms with van der Waals surface area (Å²) in [6.45, 7) is 3.85. The summed E-state index contributed by atoms with van der Waals surface area (Å²) in [6.07, 6.45) is 3.69. The fourth-order valence-electron chi connectivity index (χ4n) is 3.75. The summed E-state index contributed by atoms with van der Waals surface area (Å²) in [5, 5.41) is 0. The van der Waals surface area contributed by atoms with E-state index in [1.807, 2.05) is 29.4 Å². The van der Waals surface area contributed by atoms with Crippen LogP contribution >= 0.6 is 0 Å². The lowest BCUT2D eigenvalue weighted by atomic mass is 10.1. The van der Waals surface area contributed by atoms with Gasteiger partial charge in [0.15, 0.2) is 0 Å². The van der Waals surface area contributed by atoms with Crippen LogP contribution in [0, 0.1) is 0 Å². The molecule has 2 fully saturated rings. The molecule has 2 bridgehead atoms. The minimum Gasteiger partial charge on any atom is -0.305 e. The summed E-state index contributed by atoms with van der Waals surface area (Å²) < 4.78 is 28.2. The second-order valence-corrected chi connectivity index (χ2v) is 8.04. The fraction of sp³-hybridized carbons (Fsp3) is 0.625. The van der Waals surface area contributed by atoms with Gasteiger partial charge in [-0.2, -0.15) is 4.31 Å². The Hall–Kier alpha value is -0.910. The van der Waals surface area contributed by atoms with Gasteiger partial charge in [-0.25, -0.2) is 8.42 Å². The first-order chi connectivity index (χ1) is 10.0. The molecule has 2 saturated heterocycles. The maximum absolute atomic E-state index is 13.2. The van der Waals surface area contributed by atoms with Crippen molar-refractivity contribution in [2.75, 3.05) is 20.1 Å². The van der Waals surface area contributed by atoms with E-state index in [1.54, 1.807) is 6.07 Å². The highest BCUT2D eigenvalue weighted by molar-refractivity contribution is 7.89. The monoisotopic (exact) mass is 308 g/mol. The van der Waals surface area contributed by atoms with Gasteiger partial charge in [-0.3, -0.25) is 0 Å². The van der Waals surface area contributed by atoms with Crippen molar-refractivity contribution in [2.24, 2.45) is 0 Å². The molecule has 4 nitrogen and oxygen atoms in total. The van der Waals surface area contributed by atoms with Crippen molar-refractivity contribution in [3.8, 4) is 0 Å². The Morgan fingerprint density at radius 3 is 2.62 bits per heavy atom. The van der Waals surface area contributed by atoms with E-state index >= 15 is 0 Å². The molecule has 116 valence electrons. The largest absolute Gasteiger partial charge is 0.305 e. The van der Waals surface area contributed by atoms with Crippen molar-refractivity contribution in [3.05, 3.63) is 29.8 Å². The van der Waals surface area contributed by atoms with Crippen molar-refractivity contribution >= 4 is 10.0 Å². The Kier molecular flexibility index (Phi) is 4.08. The van der Waals surface area contributed by atoms with Gasteiger partial charge >= 0.3 is 0 Å². The summed E-state index contributed by atoms with van der Waals surface area (Å²) in [5.41, 5.74) is 0.925. The van der Waals surface area contributed by atoms with Gasteiger partial charge in [0.25, 0.3) is 0 Å². The van der Waals surface area contributed by atoms with E-state index in [0.717, 1.165) is 44.3 Å². The number of likely N-dealkylation sites (tertiary alicyclic amines) is 1. The zero-order chi connectivity index (χ0) is 15.0. The minimum absolute atomic E-state index is 0.136. The highest BCUT2D eigenvalue weighted by atomic mass is 32.2. The molecule has 2 atom stereocenters. The molecule has 2 aliphatic heterocycles. The Bertz CT molecular complexity index is 614. The van der Waals surface area contributed by atoms with Crippen molar-refractivity contribution < 1.29 is 8.42 Å². The Morgan fingerprint density at radius 1 is 1.14 bits per heavy atom. The molecular weight excluding hydrogens is 284 g/mol. The number of hydrogen-bond acceptors (Lipinski definition) is 3. The van der Waals surface area contributed by atoms with Gasteiger partial charge in [0.1, 0.15) is 0 Å². The molecule has 2 aliphatic rings. The number of sulfonamides is 1. The molecule has 0 radical (unpaired) electrons. The van der Waals surface area contributed by atoms with Gasteiger partial charge in [0.05, 0.1) is 4.90 Å². The topological polar surface area (TPSA) is 40.6 Å². The Labute approximate surface area is 127 Å². The quantitative estimate of drug-likeness (QED) is 0.858. The van der Waals surface area contributed by atoms with Crippen LogP contribution in [-0.2, 0) is 16.4 Å². The van der Waals surface area contributed by atoms with Gasteiger partial charge in [-0.15, -0.1) is 0 Å². The maximum Gasteiger partial charge on any atom is 0.243 e. The summed E-state index contributed by atoms with van der Waals surface area (Å²) >= 11 is 0. The van der Waals surface area contributed by atoms with Crippen LogP contribution in [-0.4, -0.2) is 49.8 Å². The second-order valence-electron chi connectivity index (χ2n) is 6.23. The predicted octanol–water partition coefficient (Wildman–Crippen LogP) is 2.11. The van der Waals surface area contributed by atoms with Crippen molar-refractivity contribution in [3.63, 3.8) is 0 Å². The van der Waals surface area contributed by atoms with E-state index < -0.39 is 10.0 Å². The van der Waals surface area contributed by atoms with E-state index in [4.69, 9.17) is 0 Å². The van der Waals surface area contributed by atoms with Crippen LogP contribution in [0.3, 0.4) is 0 Å². The van der Waals surface area contributed by atoms with Crippen LogP contribution in [0.15, 0.2) is 29.2 Å². The molecule has 0 spiro atoms. The lowest BCUT2D eigenvalue weighted by Gasteiger charge is -2.28. The van der Waals surface area contributed by atoms with Gasteiger partial charge in [0.2, 0.25) is 10.0 Å². The lowest BCUT2D eigenvalue weighted by Crippen LogP contribution is -2.42. The predicted molar refractivity (Wildman–Crippen MR) is 83.8 cm³/mol. The molecule has 2 heterocycles. The molecular formula is C16H24N2O2S. The summed E-state index contributed by atoms with van der Waals surface area (Å²) in [7, 11) is -1.29. The first kappa shape index (κ1) is 15.0. The van der Waals surface area contributed by atoms with Crippen LogP contribution < -0.4 is 0 Å². The van der Waals surface area contributed by atoms with Gasteiger partial charge in [-0.05, 0) is 50.9 Å². The molecule has 1 aromatic rings. The highest BCUT2D eigenvalue weighted by Gasteiger charge is 2.44. The van der Waals surface area contributed by atoms with Gasteiger partial charge in [-0.1, -0.05) is 25.1 Å². The average molecular weight is 308 g/mol. The number of nitrogens with zero attached hydrogens (tertiary/aromatic N) is 2. The van der Waals surface area contributed by atoms with Crippen LogP contribution in [0.25, 0.3) is 0 Å². The highest BCUT2D eigenvalue weighted by Crippen LogP contribution is 2.35. The number of likely N-dealkylation sites (N-methyl/N-ethyl adjacent to an activating group) is 1. The van der Waals surface area contributed by atoms with E-state index in [-0.39, 0.29) is 12.1 Å². The first-order valence-electron chi connectivity index (χ1n) is 7.84.